The van der Waals surface area contributed by atoms with E-state index in [2.05, 4.69) is 9.44 Å². The molecule has 0 unspecified atom stereocenters. The molecule has 0 aromatic heterocycles. The maximum Gasteiger partial charge on any atom is 0.296 e. The number of benzene rings is 2. The average Bonchev–Trinajstić information content (AvgIpc) is 2.52. The zero-order valence-electron chi connectivity index (χ0n) is 13.4. The summed E-state index contributed by atoms with van der Waals surface area (Å²) >= 11 is 0. The van der Waals surface area contributed by atoms with Gasteiger partial charge in [-0.05, 0) is 30.3 Å². The van der Waals surface area contributed by atoms with Crippen molar-refractivity contribution < 1.29 is 26.3 Å². The topological polar surface area (TPSA) is 137 Å². The zero-order chi connectivity index (χ0) is 18.7. The number of methoxy groups -OCH3 is 2. The monoisotopic (exact) mass is 387 g/mol. The molecule has 11 heteroatoms. The van der Waals surface area contributed by atoms with Crippen molar-refractivity contribution in [2.75, 3.05) is 23.7 Å². The Morgan fingerprint density at radius 1 is 0.840 bits per heavy atom. The summed E-state index contributed by atoms with van der Waals surface area (Å²) < 4.78 is 61.7. The van der Waals surface area contributed by atoms with Crippen molar-refractivity contribution >= 4 is 31.6 Å². The van der Waals surface area contributed by atoms with Gasteiger partial charge in [0.2, 0.25) is 0 Å². The van der Waals surface area contributed by atoms with E-state index in [0.717, 1.165) is 0 Å². The van der Waals surface area contributed by atoms with Crippen LogP contribution in [0.3, 0.4) is 0 Å². The van der Waals surface area contributed by atoms with Gasteiger partial charge in [-0.1, -0.05) is 6.07 Å². The predicted molar refractivity (Wildman–Crippen MR) is 93.5 cm³/mol. The van der Waals surface area contributed by atoms with Crippen LogP contribution in [-0.4, -0.2) is 31.1 Å². The molecule has 0 heterocycles. The van der Waals surface area contributed by atoms with E-state index in [-0.39, 0.29) is 22.0 Å². The van der Waals surface area contributed by atoms with Crippen molar-refractivity contribution in [2.45, 2.75) is 4.90 Å². The number of nitrogens with one attached hydrogen (secondary N) is 2. The van der Waals surface area contributed by atoms with E-state index in [1.54, 1.807) is 0 Å². The molecule has 2 aromatic carbocycles. The smallest absolute Gasteiger partial charge is 0.296 e. The molecule has 0 aliphatic heterocycles. The van der Waals surface area contributed by atoms with Gasteiger partial charge >= 0.3 is 0 Å². The fourth-order valence-corrected chi connectivity index (χ4v) is 3.53. The SMILES string of the molecule is COc1ccc(S(=O)(=O)Nc2cccc(NS(N)(=O)=O)c2)cc1OC. The molecule has 0 aliphatic carbocycles. The molecule has 0 fully saturated rings. The van der Waals surface area contributed by atoms with Crippen molar-refractivity contribution in [3.8, 4) is 11.5 Å². The molecule has 0 amide bonds. The van der Waals surface area contributed by atoms with Crippen LogP contribution in [0.4, 0.5) is 11.4 Å². The van der Waals surface area contributed by atoms with Gasteiger partial charge < -0.3 is 9.47 Å². The van der Waals surface area contributed by atoms with E-state index in [1.807, 2.05) is 0 Å². The van der Waals surface area contributed by atoms with Crippen LogP contribution in [0.15, 0.2) is 47.4 Å². The highest BCUT2D eigenvalue weighted by Crippen LogP contribution is 2.30. The Morgan fingerprint density at radius 2 is 1.44 bits per heavy atom. The highest BCUT2D eigenvalue weighted by molar-refractivity contribution is 7.92. The third-order valence-electron chi connectivity index (χ3n) is 3.04. The number of hydrogen-bond acceptors (Lipinski definition) is 6. The molecular weight excluding hydrogens is 370 g/mol. The Kier molecular flexibility index (Phi) is 5.40. The van der Waals surface area contributed by atoms with Crippen molar-refractivity contribution in [3.63, 3.8) is 0 Å². The molecular formula is C14H17N3O6S2. The molecule has 0 bridgehead atoms. The number of sulfonamides is 1. The molecule has 0 saturated heterocycles. The minimum absolute atomic E-state index is 0.0463. The van der Waals surface area contributed by atoms with E-state index in [1.165, 1.54) is 56.7 Å². The molecule has 4 N–H and O–H groups in total. The lowest BCUT2D eigenvalue weighted by atomic mass is 10.3. The second kappa shape index (κ2) is 7.17. The lowest BCUT2D eigenvalue weighted by Gasteiger charge is -2.12. The normalized spacial score (nSPS) is 11.6. The Bertz CT molecular complexity index is 974. The van der Waals surface area contributed by atoms with E-state index in [0.29, 0.717) is 5.75 Å². The van der Waals surface area contributed by atoms with E-state index in [4.69, 9.17) is 14.6 Å². The lowest BCUT2D eigenvalue weighted by Crippen LogP contribution is -2.21. The molecule has 136 valence electrons. The highest BCUT2D eigenvalue weighted by atomic mass is 32.2. The summed E-state index contributed by atoms with van der Waals surface area (Å²) in [6.07, 6.45) is 0. The number of ether oxygens (including phenoxy) is 2. The Balaban J connectivity index is 2.31. The number of anilines is 2. The molecule has 2 rings (SSSR count). The summed E-state index contributed by atoms with van der Waals surface area (Å²) in [7, 11) is -5.06. The third-order valence-corrected chi connectivity index (χ3v) is 4.94. The molecule has 25 heavy (non-hydrogen) atoms. The number of rotatable bonds is 7. The van der Waals surface area contributed by atoms with Gasteiger partial charge in [0.1, 0.15) is 0 Å². The molecule has 2 aromatic rings. The summed E-state index contributed by atoms with van der Waals surface area (Å²) in [4.78, 5) is -0.0463. The lowest BCUT2D eigenvalue weighted by molar-refractivity contribution is 0.354. The van der Waals surface area contributed by atoms with Crippen molar-refractivity contribution in [2.24, 2.45) is 5.14 Å². The second-order valence-electron chi connectivity index (χ2n) is 4.85. The van der Waals surface area contributed by atoms with Gasteiger partial charge in [0.05, 0.1) is 30.5 Å². The maximum absolute atomic E-state index is 12.5. The summed E-state index contributed by atoms with van der Waals surface area (Å²) in [5, 5.41) is 4.89. The molecule has 0 spiro atoms. The molecule has 9 nitrogen and oxygen atoms in total. The minimum atomic E-state index is -3.96. The van der Waals surface area contributed by atoms with Crippen molar-refractivity contribution in [1.82, 2.24) is 0 Å². The van der Waals surface area contributed by atoms with Crippen LogP contribution in [0, 0.1) is 0 Å². The molecule has 0 aliphatic rings. The van der Waals surface area contributed by atoms with E-state index >= 15 is 0 Å². The summed E-state index contributed by atoms with van der Waals surface area (Å²) in [5.41, 5.74) is 0.276. The second-order valence-corrected chi connectivity index (χ2v) is 7.83. The highest BCUT2D eigenvalue weighted by Gasteiger charge is 2.17. The Morgan fingerprint density at radius 3 is 2.00 bits per heavy atom. The van der Waals surface area contributed by atoms with E-state index in [9.17, 15) is 16.8 Å². The minimum Gasteiger partial charge on any atom is -0.493 e. The fourth-order valence-electron chi connectivity index (χ4n) is 2.01. The Hall–Kier alpha value is -2.50. The van der Waals surface area contributed by atoms with Gasteiger partial charge in [0.25, 0.3) is 20.2 Å². The predicted octanol–water partition coefficient (Wildman–Crippen LogP) is 1.12. The largest absolute Gasteiger partial charge is 0.493 e. The maximum atomic E-state index is 12.5. The van der Waals surface area contributed by atoms with Crippen LogP contribution in [-0.2, 0) is 20.2 Å². The standard InChI is InChI=1S/C14H17N3O6S2/c1-22-13-7-6-12(9-14(13)23-2)24(18,19)16-10-4-3-5-11(8-10)17-25(15,20)21/h3-9,16-17H,1-2H3,(H2,15,20,21). The molecule has 0 radical (unpaired) electrons. The van der Waals surface area contributed by atoms with Crippen LogP contribution in [0.25, 0.3) is 0 Å². The van der Waals surface area contributed by atoms with Gasteiger partial charge in [-0.15, -0.1) is 0 Å². The van der Waals surface area contributed by atoms with Crippen LogP contribution in [0.1, 0.15) is 0 Å². The zero-order valence-corrected chi connectivity index (χ0v) is 15.0. The van der Waals surface area contributed by atoms with Gasteiger partial charge in [-0.25, -0.2) is 13.6 Å². The Labute approximate surface area is 146 Å². The first-order valence-electron chi connectivity index (χ1n) is 6.80. The van der Waals surface area contributed by atoms with Crippen LogP contribution >= 0.6 is 0 Å². The van der Waals surface area contributed by atoms with Crippen molar-refractivity contribution in [3.05, 3.63) is 42.5 Å². The molecule has 0 atom stereocenters. The quantitative estimate of drug-likeness (QED) is 0.651. The number of hydrogen-bond donors (Lipinski definition) is 3. The van der Waals surface area contributed by atoms with Crippen LogP contribution in [0.2, 0.25) is 0 Å². The van der Waals surface area contributed by atoms with Gasteiger partial charge in [0.15, 0.2) is 11.5 Å². The van der Waals surface area contributed by atoms with Crippen LogP contribution < -0.4 is 24.1 Å². The molecule has 0 saturated carbocycles. The third kappa shape index (κ3) is 4.98. The summed E-state index contributed by atoms with van der Waals surface area (Å²) in [6.45, 7) is 0. The fraction of sp³-hybridized carbons (Fsp3) is 0.143. The first kappa shape index (κ1) is 18.8. The van der Waals surface area contributed by atoms with Crippen LogP contribution in [0.5, 0.6) is 11.5 Å². The van der Waals surface area contributed by atoms with E-state index < -0.39 is 20.2 Å². The number of nitrogens with two attached hydrogens (primary N) is 1. The van der Waals surface area contributed by atoms with Gasteiger partial charge in [-0.2, -0.15) is 8.42 Å². The first-order chi connectivity index (χ1) is 11.6. The van der Waals surface area contributed by atoms with Gasteiger partial charge in [-0.3, -0.25) is 9.44 Å². The average molecular weight is 387 g/mol. The first-order valence-corrected chi connectivity index (χ1v) is 9.83. The summed E-state index contributed by atoms with van der Waals surface area (Å²) in [6, 6.07) is 9.80. The van der Waals surface area contributed by atoms with Gasteiger partial charge in [0, 0.05) is 6.07 Å². The van der Waals surface area contributed by atoms with Crippen molar-refractivity contribution in [1.29, 1.82) is 0 Å². The summed E-state index contributed by atoms with van der Waals surface area (Å²) in [5.74, 6) is 0.649.